The van der Waals surface area contributed by atoms with Crippen molar-refractivity contribution in [3.63, 3.8) is 0 Å². The number of aryl methyl sites for hydroxylation is 1. The van der Waals surface area contributed by atoms with E-state index >= 15 is 0 Å². The summed E-state index contributed by atoms with van der Waals surface area (Å²) >= 11 is 0. The maximum absolute atomic E-state index is 10.9. The molecule has 2 rings (SSSR count). The molecular weight excluding hydrogens is 292 g/mol. The maximum atomic E-state index is 10.9. The summed E-state index contributed by atoms with van der Waals surface area (Å²) in [5, 5.41) is 41.1. The number of nitrogens with zero attached hydrogens (tertiary/aromatic N) is 2. The van der Waals surface area contributed by atoms with Crippen LogP contribution < -0.4 is 0 Å². The maximum Gasteiger partial charge on any atom is 0.311 e. The van der Waals surface area contributed by atoms with E-state index in [1.807, 2.05) is 0 Å². The molecular formula is C14H12N2O6. The van der Waals surface area contributed by atoms with Crippen molar-refractivity contribution in [1.29, 1.82) is 0 Å². The summed E-state index contributed by atoms with van der Waals surface area (Å²) in [7, 11) is 0. The molecule has 8 nitrogen and oxygen atoms in total. The number of non-ortho nitro benzene ring substituents is 1. The van der Waals surface area contributed by atoms with Crippen LogP contribution in [-0.4, -0.2) is 20.1 Å². The minimum absolute atomic E-state index is 0.0650. The van der Waals surface area contributed by atoms with Crippen molar-refractivity contribution in [3.05, 3.63) is 67.3 Å². The fourth-order valence-corrected chi connectivity index (χ4v) is 2.12. The predicted molar refractivity (Wildman–Crippen MR) is 77.1 cm³/mol. The van der Waals surface area contributed by atoms with Gasteiger partial charge in [0.15, 0.2) is 5.75 Å². The molecule has 0 bridgehead atoms. The van der Waals surface area contributed by atoms with Gasteiger partial charge in [0, 0.05) is 30.2 Å². The molecule has 2 aromatic rings. The third-order valence-electron chi connectivity index (χ3n) is 3.21. The zero-order valence-electron chi connectivity index (χ0n) is 11.5. The Kier molecular flexibility index (Phi) is 3.93. The lowest BCUT2D eigenvalue weighted by molar-refractivity contribution is -0.386. The molecule has 0 aromatic heterocycles. The molecule has 22 heavy (non-hydrogen) atoms. The van der Waals surface area contributed by atoms with Crippen LogP contribution in [0.2, 0.25) is 0 Å². The Labute approximate surface area is 124 Å². The van der Waals surface area contributed by atoms with Crippen LogP contribution in [0.3, 0.4) is 0 Å². The van der Waals surface area contributed by atoms with Crippen LogP contribution >= 0.6 is 0 Å². The average molecular weight is 304 g/mol. The highest BCUT2D eigenvalue weighted by Gasteiger charge is 2.18. The van der Waals surface area contributed by atoms with Gasteiger partial charge in [-0.25, -0.2) is 0 Å². The molecule has 0 aliphatic carbocycles. The van der Waals surface area contributed by atoms with E-state index in [0.29, 0.717) is 11.1 Å². The van der Waals surface area contributed by atoms with Crippen molar-refractivity contribution in [2.75, 3.05) is 0 Å². The summed E-state index contributed by atoms with van der Waals surface area (Å²) in [5.74, 6) is -0.559. The first-order chi connectivity index (χ1) is 10.3. The standard InChI is InChI=1S/C14H12N2O6/c1-8-4-9(6-12(14(8)18)16(21)22)5-10-7-11(15(19)20)2-3-13(10)17/h2-4,6-7,17-18H,5H2,1H3. The van der Waals surface area contributed by atoms with Crippen LogP contribution in [-0.2, 0) is 6.42 Å². The monoisotopic (exact) mass is 304 g/mol. The van der Waals surface area contributed by atoms with Crippen molar-refractivity contribution in [1.82, 2.24) is 0 Å². The number of nitro benzene ring substituents is 2. The number of rotatable bonds is 4. The molecule has 0 radical (unpaired) electrons. The highest BCUT2D eigenvalue weighted by Crippen LogP contribution is 2.33. The average Bonchev–Trinajstić information content (AvgIpc) is 2.44. The fraction of sp³-hybridized carbons (Fsp3) is 0.143. The molecule has 2 N–H and O–H groups in total. The SMILES string of the molecule is Cc1cc(Cc2cc([N+](=O)[O-])ccc2O)cc([N+](=O)[O-])c1O. The van der Waals surface area contributed by atoms with Gasteiger partial charge >= 0.3 is 5.69 Å². The molecule has 2 aromatic carbocycles. The first-order valence-electron chi connectivity index (χ1n) is 6.22. The minimum Gasteiger partial charge on any atom is -0.508 e. The van der Waals surface area contributed by atoms with Gasteiger partial charge < -0.3 is 10.2 Å². The molecule has 0 spiro atoms. The molecule has 0 fully saturated rings. The van der Waals surface area contributed by atoms with Gasteiger partial charge in [0.05, 0.1) is 9.85 Å². The summed E-state index contributed by atoms with van der Waals surface area (Å²) in [5.41, 5.74) is 0.415. The van der Waals surface area contributed by atoms with Gasteiger partial charge in [0.1, 0.15) is 5.75 Å². The highest BCUT2D eigenvalue weighted by atomic mass is 16.6. The molecule has 0 heterocycles. The van der Waals surface area contributed by atoms with Crippen molar-refractivity contribution in [3.8, 4) is 11.5 Å². The zero-order valence-corrected chi connectivity index (χ0v) is 11.5. The predicted octanol–water partition coefficient (Wildman–Crippen LogP) is 2.81. The topological polar surface area (TPSA) is 127 Å². The van der Waals surface area contributed by atoms with E-state index in [0.717, 1.165) is 0 Å². The number of phenolic OH excluding ortho intramolecular Hbond substituents is 2. The van der Waals surface area contributed by atoms with Gasteiger partial charge in [0.2, 0.25) is 0 Å². The molecule has 114 valence electrons. The van der Waals surface area contributed by atoms with Gasteiger partial charge in [0.25, 0.3) is 5.69 Å². The first-order valence-corrected chi connectivity index (χ1v) is 6.22. The Bertz CT molecular complexity index is 772. The van der Waals surface area contributed by atoms with E-state index < -0.39 is 21.3 Å². The quantitative estimate of drug-likeness (QED) is 0.660. The number of hydrogen-bond acceptors (Lipinski definition) is 6. The first kappa shape index (κ1) is 15.2. The molecule has 0 aliphatic rings. The Morgan fingerprint density at radius 3 is 2.32 bits per heavy atom. The summed E-state index contributed by atoms with van der Waals surface area (Å²) < 4.78 is 0. The molecule has 0 aliphatic heterocycles. The van der Waals surface area contributed by atoms with Gasteiger partial charge in [-0.3, -0.25) is 20.2 Å². The van der Waals surface area contributed by atoms with E-state index in [-0.39, 0.29) is 23.4 Å². The van der Waals surface area contributed by atoms with Gasteiger partial charge in [-0.05, 0) is 24.1 Å². The molecule has 0 saturated heterocycles. The Morgan fingerprint density at radius 2 is 1.73 bits per heavy atom. The highest BCUT2D eigenvalue weighted by molar-refractivity contribution is 5.54. The van der Waals surface area contributed by atoms with Crippen LogP contribution in [0.4, 0.5) is 11.4 Å². The molecule has 8 heteroatoms. The van der Waals surface area contributed by atoms with E-state index in [1.165, 1.54) is 37.3 Å². The lowest BCUT2D eigenvalue weighted by Gasteiger charge is -2.07. The number of aromatic hydroxyl groups is 2. The second kappa shape index (κ2) is 5.68. The number of nitro groups is 2. The number of phenols is 2. The largest absolute Gasteiger partial charge is 0.508 e. The van der Waals surface area contributed by atoms with Crippen LogP contribution in [0, 0.1) is 27.2 Å². The smallest absolute Gasteiger partial charge is 0.311 e. The normalized spacial score (nSPS) is 10.4. The lowest BCUT2D eigenvalue weighted by atomic mass is 10.0. The zero-order chi connectivity index (χ0) is 16.4. The summed E-state index contributed by atoms with van der Waals surface area (Å²) in [6.07, 6.45) is 0.0650. The van der Waals surface area contributed by atoms with E-state index in [4.69, 9.17) is 0 Å². The summed E-state index contributed by atoms with van der Waals surface area (Å²) in [6.45, 7) is 1.51. The van der Waals surface area contributed by atoms with Gasteiger partial charge in [-0.2, -0.15) is 0 Å². The second-order valence-electron chi connectivity index (χ2n) is 4.78. The molecule has 0 atom stereocenters. The summed E-state index contributed by atoms with van der Waals surface area (Å²) in [4.78, 5) is 20.4. The van der Waals surface area contributed by atoms with Crippen LogP contribution in [0.5, 0.6) is 11.5 Å². The number of benzene rings is 2. The van der Waals surface area contributed by atoms with Crippen LogP contribution in [0.15, 0.2) is 30.3 Å². The van der Waals surface area contributed by atoms with E-state index in [9.17, 15) is 30.4 Å². The van der Waals surface area contributed by atoms with E-state index in [1.54, 1.807) is 0 Å². The van der Waals surface area contributed by atoms with Crippen molar-refractivity contribution < 1.29 is 20.1 Å². The third-order valence-corrected chi connectivity index (χ3v) is 3.21. The fourth-order valence-electron chi connectivity index (χ4n) is 2.12. The third kappa shape index (κ3) is 2.95. The van der Waals surface area contributed by atoms with Crippen molar-refractivity contribution >= 4 is 11.4 Å². The minimum atomic E-state index is -0.709. The molecule has 0 amide bonds. The summed E-state index contributed by atoms with van der Waals surface area (Å²) in [6, 6.07) is 6.29. The lowest BCUT2D eigenvalue weighted by Crippen LogP contribution is -1.96. The van der Waals surface area contributed by atoms with Crippen molar-refractivity contribution in [2.45, 2.75) is 13.3 Å². The Balaban J connectivity index is 2.45. The number of hydrogen-bond donors (Lipinski definition) is 2. The molecule has 0 saturated carbocycles. The van der Waals surface area contributed by atoms with Crippen LogP contribution in [0.1, 0.15) is 16.7 Å². The second-order valence-corrected chi connectivity index (χ2v) is 4.78. The Morgan fingerprint density at radius 1 is 1.05 bits per heavy atom. The van der Waals surface area contributed by atoms with Crippen LogP contribution in [0.25, 0.3) is 0 Å². The van der Waals surface area contributed by atoms with Gasteiger partial charge in [-0.1, -0.05) is 6.07 Å². The molecule has 0 unspecified atom stereocenters. The van der Waals surface area contributed by atoms with Gasteiger partial charge in [-0.15, -0.1) is 0 Å². The Hall–Kier alpha value is -3.16. The van der Waals surface area contributed by atoms with Crippen molar-refractivity contribution in [2.24, 2.45) is 0 Å². The van der Waals surface area contributed by atoms with E-state index in [2.05, 4.69) is 0 Å².